The second-order valence-corrected chi connectivity index (χ2v) is 3.65. The Morgan fingerprint density at radius 2 is 2.06 bits per heavy atom. The van der Waals surface area contributed by atoms with E-state index in [4.69, 9.17) is 10.2 Å². The summed E-state index contributed by atoms with van der Waals surface area (Å²) in [5.74, 6) is -4.72. The molecule has 1 aliphatic heterocycles. The van der Waals surface area contributed by atoms with Gasteiger partial charge in [0.05, 0.1) is 12.7 Å². The van der Waals surface area contributed by atoms with Gasteiger partial charge in [-0.2, -0.15) is 0 Å². The first kappa shape index (κ1) is 13.3. The zero-order chi connectivity index (χ0) is 12.5. The normalized spacial score (nSPS) is 41.7. The van der Waals surface area contributed by atoms with E-state index in [1.54, 1.807) is 0 Å². The Hall–Kier alpha value is -0.770. The Bertz CT molecular complexity index is 269. The number of aliphatic carboxylic acids is 1. The van der Waals surface area contributed by atoms with Gasteiger partial charge in [0, 0.05) is 6.42 Å². The number of aliphatic hydroxyl groups is 5. The van der Waals surface area contributed by atoms with E-state index in [1.165, 1.54) is 0 Å². The van der Waals surface area contributed by atoms with E-state index in [0.717, 1.165) is 0 Å². The van der Waals surface area contributed by atoms with Crippen LogP contribution in [0.15, 0.2) is 0 Å². The summed E-state index contributed by atoms with van der Waals surface area (Å²) in [7, 11) is 0. The van der Waals surface area contributed by atoms with Gasteiger partial charge < -0.3 is 35.4 Å². The van der Waals surface area contributed by atoms with Gasteiger partial charge in [-0.05, 0) is 0 Å². The highest BCUT2D eigenvalue weighted by Crippen LogP contribution is 2.29. The monoisotopic (exact) mass is 238 g/mol. The number of carboxylic acid groups (broad SMARTS) is 1. The summed E-state index contributed by atoms with van der Waals surface area (Å²) in [6, 6.07) is 0. The van der Waals surface area contributed by atoms with E-state index >= 15 is 0 Å². The fourth-order valence-electron chi connectivity index (χ4n) is 1.52. The zero-order valence-electron chi connectivity index (χ0n) is 8.22. The summed E-state index contributed by atoms with van der Waals surface area (Å²) in [5, 5.41) is 54.7. The minimum absolute atomic E-state index is 0.482. The van der Waals surface area contributed by atoms with Crippen LogP contribution in [0.3, 0.4) is 0 Å². The lowest BCUT2D eigenvalue weighted by Gasteiger charge is -2.41. The molecule has 5 atom stereocenters. The Morgan fingerprint density at radius 1 is 1.50 bits per heavy atom. The van der Waals surface area contributed by atoms with Crippen LogP contribution in [0.25, 0.3) is 0 Å². The number of ether oxygens (including phenoxy) is 1. The van der Waals surface area contributed by atoms with Crippen molar-refractivity contribution in [1.82, 2.24) is 0 Å². The lowest BCUT2D eigenvalue weighted by molar-refractivity contribution is -0.322. The molecular formula is C8H14O8. The van der Waals surface area contributed by atoms with Gasteiger partial charge in [0.1, 0.15) is 18.3 Å². The number of rotatable bonds is 3. The molecule has 94 valence electrons. The third kappa shape index (κ3) is 2.17. The van der Waals surface area contributed by atoms with Gasteiger partial charge in [-0.1, -0.05) is 0 Å². The average Bonchev–Trinajstić information content (AvgIpc) is 2.22. The van der Waals surface area contributed by atoms with Crippen LogP contribution in [0.1, 0.15) is 6.42 Å². The van der Waals surface area contributed by atoms with Crippen molar-refractivity contribution in [3.8, 4) is 0 Å². The topological polar surface area (TPSA) is 148 Å². The third-order valence-electron chi connectivity index (χ3n) is 2.48. The van der Waals surface area contributed by atoms with Crippen LogP contribution in [0.5, 0.6) is 0 Å². The molecule has 0 aliphatic carbocycles. The van der Waals surface area contributed by atoms with Crippen LogP contribution >= 0.6 is 0 Å². The summed E-state index contributed by atoms with van der Waals surface area (Å²) in [6.07, 6.45) is -6.70. The number of hydrogen-bond acceptors (Lipinski definition) is 7. The smallest absolute Gasteiger partial charge is 0.367 e. The highest BCUT2D eigenvalue weighted by Gasteiger charge is 2.54. The molecule has 16 heavy (non-hydrogen) atoms. The maximum absolute atomic E-state index is 10.7. The molecule has 0 spiro atoms. The van der Waals surface area contributed by atoms with E-state index in [2.05, 4.69) is 4.74 Å². The molecule has 1 saturated heterocycles. The summed E-state index contributed by atoms with van der Waals surface area (Å²) in [4.78, 5) is 10.7. The SMILES string of the molecule is O=C(O)C1(O)O[C@H]([C@H](O)CO)[C@H](O)C[C@@H]1O. The van der Waals surface area contributed by atoms with Gasteiger partial charge in [0.25, 0.3) is 5.79 Å². The standard InChI is InChI=1S/C8H14O8/c9-2-4(11)6-3(10)1-5(12)8(15,16-6)7(13)14/h3-6,9-12,15H,1-2H2,(H,13,14)/t3-,4-,5+,6+,8?/m1/s1. The highest BCUT2D eigenvalue weighted by atomic mass is 16.7. The summed E-state index contributed by atoms with van der Waals surface area (Å²) >= 11 is 0. The maximum atomic E-state index is 10.7. The van der Waals surface area contributed by atoms with Crippen LogP contribution in [0, 0.1) is 0 Å². The van der Waals surface area contributed by atoms with Gasteiger partial charge >= 0.3 is 5.97 Å². The van der Waals surface area contributed by atoms with E-state index in [9.17, 15) is 25.2 Å². The molecule has 0 radical (unpaired) electrons. The molecule has 1 rings (SSSR count). The van der Waals surface area contributed by atoms with Crippen molar-refractivity contribution in [2.24, 2.45) is 0 Å². The molecule has 0 aromatic rings. The van der Waals surface area contributed by atoms with E-state index in [-0.39, 0.29) is 0 Å². The number of aliphatic hydroxyl groups excluding tert-OH is 4. The Labute approximate surface area is 90.3 Å². The van der Waals surface area contributed by atoms with Crippen molar-refractivity contribution in [1.29, 1.82) is 0 Å². The second kappa shape index (κ2) is 4.62. The second-order valence-electron chi connectivity index (χ2n) is 3.65. The average molecular weight is 238 g/mol. The Balaban J connectivity index is 2.88. The minimum Gasteiger partial charge on any atom is -0.477 e. The van der Waals surface area contributed by atoms with Crippen LogP contribution in [-0.2, 0) is 9.53 Å². The summed E-state index contributed by atoms with van der Waals surface area (Å²) in [5.41, 5.74) is 0. The number of hydrogen-bond donors (Lipinski definition) is 6. The Morgan fingerprint density at radius 3 is 2.50 bits per heavy atom. The molecule has 1 heterocycles. The first-order chi connectivity index (χ1) is 7.32. The van der Waals surface area contributed by atoms with Gasteiger partial charge in [-0.3, -0.25) is 0 Å². The zero-order valence-corrected chi connectivity index (χ0v) is 8.22. The molecule has 0 aromatic heterocycles. The van der Waals surface area contributed by atoms with Crippen LogP contribution in [0.2, 0.25) is 0 Å². The number of carbonyl (C=O) groups is 1. The first-order valence-corrected chi connectivity index (χ1v) is 4.61. The van der Waals surface area contributed by atoms with Gasteiger partial charge in [-0.15, -0.1) is 0 Å². The molecule has 0 saturated carbocycles. The lowest BCUT2D eigenvalue weighted by atomic mass is 9.93. The minimum atomic E-state index is -2.89. The van der Waals surface area contributed by atoms with Crippen molar-refractivity contribution in [3.05, 3.63) is 0 Å². The molecule has 6 N–H and O–H groups in total. The molecular weight excluding hydrogens is 224 g/mol. The lowest BCUT2D eigenvalue weighted by Crippen LogP contribution is -2.63. The van der Waals surface area contributed by atoms with E-state index < -0.39 is 49.2 Å². The molecule has 0 bridgehead atoms. The molecule has 1 fully saturated rings. The van der Waals surface area contributed by atoms with Crippen LogP contribution < -0.4 is 0 Å². The van der Waals surface area contributed by atoms with Crippen molar-refractivity contribution in [2.45, 2.75) is 36.6 Å². The van der Waals surface area contributed by atoms with Crippen molar-refractivity contribution in [2.75, 3.05) is 6.61 Å². The van der Waals surface area contributed by atoms with Crippen molar-refractivity contribution >= 4 is 5.97 Å². The van der Waals surface area contributed by atoms with Crippen LogP contribution in [0.4, 0.5) is 0 Å². The molecule has 8 heteroatoms. The predicted octanol–water partition coefficient (Wildman–Crippen LogP) is -3.38. The largest absolute Gasteiger partial charge is 0.477 e. The summed E-state index contributed by atoms with van der Waals surface area (Å²) in [6.45, 7) is -0.770. The predicted molar refractivity (Wildman–Crippen MR) is 47.2 cm³/mol. The molecule has 0 amide bonds. The van der Waals surface area contributed by atoms with E-state index in [0.29, 0.717) is 0 Å². The maximum Gasteiger partial charge on any atom is 0.367 e. The van der Waals surface area contributed by atoms with E-state index in [1.807, 2.05) is 0 Å². The first-order valence-electron chi connectivity index (χ1n) is 4.61. The molecule has 8 nitrogen and oxygen atoms in total. The van der Waals surface area contributed by atoms with Gasteiger partial charge in [0.15, 0.2) is 0 Å². The molecule has 1 aliphatic rings. The van der Waals surface area contributed by atoms with Gasteiger partial charge in [-0.25, -0.2) is 4.79 Å². The summed E-state index contributed by atoms with van der Waals surface area (Å²) < 4.78 is 4.56. The fraction of sp³-hybridized carbons (Fsp3) is 0.875. The van der Waals surface area contributed by atoms with Crippen LogP contribution in [-0.4, -0.2) is 73.4 Å². The molecule has 0 aromatic carbocycles. The highest BCUT2D eigenvalue weighted by molar-refractivity contribution is 5.76. The Kier molecular flexibility index (Phi) is 3.84. The third-order valence-corrected chi connectivity index (χ3v) is 2.48. The van der Waals surface area contributed by atoms with Crippen molar-refractivity contribution in [3.63, 3.8) is 0 Å². The fourth-order valence-corrected chi connectivity index (χ4v) is 1.52. The molecule has 1 unspecified atom stereocenters. The number of carboxylic acids is 1. The van der Waals surface area contributed by atoms with Crippen molar-refractivity contribution < 1.29 is 40.2 Å². The quantitative estimate of drug-likeness (QED) is 0.298. The van der Waals surface area contributed by atoms with Gasteiger partial charge in [0.2, 0.25) is 0 Å².